The molecule has 0 saturated carbocycles. The van der Waals surface area contributed by atoms with E-state index in [2.05, 4.69) is 39.0 Å². The summed E-state index contributed by atoms with van der Waals surface area (Å²) in [4.78, 5) is 0. The lowest BCUT2D eigenvalue weighted by atomic mass is 10.0. The maximum absolute atomic E-state index is 5.51. The van der Waals surface area contributed by atoms with Crippen LogP contribution < -0.4 is 4.74 Å². The van der Waals surface area contributed by atoms with Crippen molar-refractivity contribution in [3.8, 4) is 5.75 Å². The number of benzene rings is 1. The van der Waals surface area contributed by atoms with Gasteiger partial charge >= 0.3 is 0 Å². The van der Waals surface area contributed by atoms with Crippen LogP contribution in [0, 0.1) is 12.8 Å². The molecule has 78 valence electrons. The molecule has 0 fully saturated rings. The summed E-state index contributed by atoms with van der Waals surface area (Å²) in [5.41, 5.74) is 2.66. The molecule has 14 heavy (non-hydrogen) atoms. The molecule has 0 bridgehead atoms. The lowest BCUT2D eigenvalue weighted by Crippen LogP contribution is -1.97. The summed E-state index contributed by atoms with van der Waals surface area (Å²) in [5, 5.41) is 0. The third-order valence-electron chi connectivity index (χ3n) is 2.07. The first kappa shape index (κ1) is 11.1. The van der Waals surface area contributed by atoms with Gasteiger partial charge in [-0.15, -0.1) is 0 Å². The summed E-state index contributed by atoms with van der Waals surface area (Å²) in [6.45, 7) is 9.35. The molecule has 1 nitrogen and oxygen atoms in total. The van der Waals surface area contributed by atoms with Crippen LogP contribution in [0.4, 0.5) is 0 Å². The van der Waals surface area contributed by atoms with Gasteiger partial charge in [-0.05, 0) is 49.4 Å². The highest BCUT2D eigenvalue weighted by atomic mass is 16.5. The molecule has 0 amide bonds. The van der Waals surface area contributed by atoms with Crippen molar-refractivity contribution in [1.82, 2.24) is 0 Å². The molecular formula is C13H20O. The topological polar surface area (TPSA) is 9.23 Å². The van der Waals surface area contributed by atoms with Crippen LogP contribution in [0.15, 0.2) is 18.2 Å². The molecule has 0 aromatic heterocycles. The van der Waals surface area contributed by atoms with Gasteiger partial charge in [-0.3, -0.25) is 0 Å². The normalized spacial score (nSPS) is 10.6. The second-order valence-corrected chi connectivity index (χ2v) is 4.19. The lowest BCUT2D eigenvalue weighted by molar-refractivity contribution is 0.339. The van der Waals surface area contributed by atoms with E-state index in [1.54, 1.807) is 0 Å². The Morgan fingerprint density at radius 1 is 1.21 bits per heavy atom. The standard InChI is InChI=1S/C13H20O/c1-5-14-13-8-11(4)7-12(9-13)6-10(2)3/h7-10H,5-6H2,1-4H3. The fourth-order valence-corrected chi connectivity index (χ4v) is 1.66. The molecule has 0 heterocycles. The summed E-state index contributed by atoms with van der Waals surface area (Å²) in [6.07, 6.45) is 1.13. The number of hydrogen-bond acceptors (Lipinski definition) is 1. The van der Waals surface area contributed by atoms with E-state index in [-0.39, 0.29) is 0 Å². The Balaban J connectivity index is 2.83. The van der Waals surface area contributed by atoms with Crippen LogP contribution >= 0.6 is 0 Å². The summed E-state index contributed by atoms with van der Waals surface area (Å²) < 4.78 is 5.51. The Kier molecular flexibility index (Phi) is 3.99. The predicted octanol–water partition coefficient (Wildman–Crippen LogP) is 3.59. The first-order valence-electron chi connectivity index (χ1n) is 5.35. The van der Waals surface area contributed by atoms with Crippen LogP contribution in [0.1, 0.15) is 31.9 Å². The van der Waals surface area contributed by atoms with Crippen molar-refractivity contribution in [1.29, 1.82) is 0 Å². The number of hydrogen-bond donors (Lipinski definition) is 0. The fourth-order valence-electron chi connectivity index (χ4n) is 1.66. The molecule has 0 aliphatic rings. The fraction of sp³-hybridized carbons (Fsp3) is 0.538. The number of rotatable bonds is 4. The Morgan fingerprint density at radius 2 is 1.93 bits per heavy atom. The van der Waals surface area contributed by atoms with Crippen molar-refractivity contribution < 1.29 is 4.74 Å². The Morgan fingerprint density at radius 3 is 2.50 bits per heavy atom. The van der Waals surface area contributed by atoms with E-state index in [9.17, 15) is 0 Å². The van der Waals surface area contributed by atoms with Crippen molar-refractivity contribution in [2.75, 3.05) is 6.61 Å². The van der Waals surface area contributed by atoms with Crippen molar-refractivity contribution >= 4 is 0 Å². The van der Waals surface area contributed by atoms with Gasteiger partial charge in [0, 0.05) is 0 Å². The maximum atomic E-state index is 5.51. The molecule has 1 heteroatoms. The van der Waals surface area contributed by atoms with Gasteiger partial charge in [0.05, 0.1) is 6.61 Å². The van der Waals surface area contributed by atoms with Crippen LogP contribution in [0.3, 0.4) is 0 Å². The van der Waals surface area contributed by atoms with Crippen LogP contribution in [0.5, 0.6) is 5.75 Å². The van der Waals surface area contributed by atoms with Crippen molar-refractivity contribution in [2.24, 2.45) is 5.92 Å². The minimum absolute atomic E-state index is 0.700. The highest BCUT2D eigenvalue weighted by Gasteiger charge is 2.01. The summed E-state index contributed by atoms with van der Waals surface area (Å²) in [5.74, 6) is 1.70. The molecule has 0 radical (unpaired) electrons. The predicted molar refractivity (Wildman–Crippen MR) is 60.9 cm³/mol. The minimum atomic E-state index is 0.700. The Bertz CT molecular complexity index is 289. The third-order valence-corrected chi connectivity index (χ3v) is 2.07. The highest BCUT2D eigenvalue weighted by Crippen LogP contribution is 2.19. The zero-order chi connectivity index (χ0) is 10.6. The SMILES string of the molecule is CCOc1cc(C)cc(CC(C)C)c1. The second kappa shape index (κ2) is 5.04. The van der Waals surface area contributed by atoms with Gasteiger partial charge in [0.25, 0.3) is 0 Å². The highest BCUT2D eigenvalue weighted by molar-refractivity contribution is 5.34. The quantitative estimate of drug-likeness (QED) is 0.708. The maximum Gasteiger partial charge on any atom is 0.119 e. The van der Waals surface area contributed by atoms with Gasteiger partial charge in [-0.1, -0.05) is 19.9 Å². The molecule has 0 spiro atoms. The zero-order valence-corrected chi connectivity index (χ0v) is 9.63. The molecule has 1 rings (SSSR count). The molecule has 1 aromatic rings. The van der Waals surface area contributed by atoms with Crippen LogP contribution in [0.2, 0.25) is 0 Å². The average molecular weight is 192 g/mol. The van der Waals surface area contributed by atoms with E-state index >= 15 is 0 Å². The molecule has 0 N–H and O–H groups in total. The van der Waals surface area contributed by atoms with Crippen LogP contribution in [-0.4, -0.2) is 6.61 Å². The molecular weight excluding hydrogens is 172 g/mol. The van der Waals surface area contributed by atoms with Gasteiger partial charge in [-0.2, -0.15) is 0 Å². The monoisotopic (exact) mass is 192 g/mol. The van der Waals surface area contributed by atoms with Crippen molar-refractivity contribution in [3.63, 3.8) is 0 Å². The number of aryl methyl sites for hydroxylation is 1. The molecule has 0 saturated heterocycles. The lowest BCUT2D eigenvalue weighted by Gasteiger charge is -2.09. The van der Waals surface area contributed by atoms with Crippen LogP contribution in [-0.2, 0) is 6.42 Å². The van der Waals surface area contributed by atoms with Crippen molar-refractivity contribution in [3.05, 3.63) is 29.3 Å². The van der Waals surface area contributed by atoms with Crippen molar-refractivity contribution in [2.45, 2.75) is 34.1 Å². The smallest absolute Gasteiger partial charge is 0.119 e. The summed E-state index contributed by atoms with van der Waals surface area (Å²) in [7, 11) is 0. The second-order valence-electron chi connectivity index (χ2n) is 4.19. The molecule has 0 aliphatic heterocycles. The van der Waals surface area contributed by atoms with E-state index in [4.69, 9.17) is 4.74 Å². The molecule has 0 unspecified atom stereocenters. The molecule has 0 aliphatic carbocycles. The van der Waals surface area contributed by atoms with Gasteiger partial charge in [0.1, 0.15) is 5.75 Å². The van der Waals surface area contributed by atoms with Gasteiger partial charge < -0.3 is 4.74 Å². The Hall–Kier alpha value is -0.980. The number of ether oxygens (including phenoxy) is 1. The minimum Gasteiger partial charge on any atom is -0.494 e. The molecule has 0 atom stereocenters. The largest absolute Gasteiger partial charge is 0.494 e. The van der Waals surface area contributed by atoms with E-state index in [0.717, 1.165) is 18.8 Å². The van der Waals surface area contributed by atoms with E-state index < -0.39 is 0 Å². The third kappa shape index (κ3) is 3.41. The average Bonchev–Trinajstić information content (AvgIpc) is 2.01. The van der Waals surface area contributed by atoms with Gasteiger partial charge in [-0.25, -0.2) is 0 Å². The van der Waals surface area contributed by atoms with Gasteiger partial charge in [0.2, 0.25) is 0 Å². The van der Waals surface area contributed by atoms with E-state index in [1.807, 2.05) is 6.92 Å². The first-order chi connectivity index (χ1) is 6.61. The zero-order valence-electron chi connectivity index (χ0n) is 9.63. The summed E-state index contributed by atoms with van der Waals surface area (Å²) >= 11 is 0. The van der Waals surface area contributed by atoms with E-state index in [0.29, 0.717) is 5.92 Å². The summed E-state index contributed by atoms with van der Waals surface area (Å²) in [6, 6.07) is 6.48. The Labute approximate surface area is 87.1 Å². The van der Waals surface area contributed by atoms with E-state index in [1.165, 1.54) is 11.1 Å². The first-order valence-corrected chi connectivity index (χ1v) is 5.35. The van der Waals surface area contributed by atoms with Gasteiger partial charge in [0.15, 0.2) is 0 Å². The molecule has 1 aromatic carbocycles. The van der Waals surface area contributed by atoms with Crippen LogP contribution in [0.25, 0.3) is 0 Å².